The minimum Gasteiger partial charge on any atom is -0.385 e. The molecule has 38 heavy (non-hydrogen) atoms. The third-order valence-corrected chi connectivity index (χ3v) is 9.35. The van der Waals surface area contributed by atoms with Crippen molar-refractivity contribution >= 4 is 5.91 Å². The van der Waals surface area contributed by atoms with Crippen molar-refractivity contribution in [2.24, 2.45) is 11.8 Å². The van der Waals surface area contributed by atoms with Gasteiger partial charge in [-0.3, -0.25) is 14.6 Å². The van der Waals surface area contributed by atoms with Gasteiger partial charge in [-0.2, -0.15) is 5.26 Å². The number of hydrogen-bond donors (Lipinski definition) is 1. The van der Waals surface area contributed by atoms with E-state index >= 15 is 4.39 Å². The predicted octanol–water partition coefficient (Wildman–Crippen LogP) is 4.34. The number of nitriles is 1. The molecule has 2 atom stereocenters. The predicted molar refractivity (Wildman–Crippen MR) is 149 cm³/mol. The van der Waals surface area contributed by atoms with Gasteiger partial charge in [0.15, 0.2) is 5.67 Å². The molecule has 0 aromatic carbocycles. The number of nitrogens with one attached hydrogen (secondary N) is 1. The van der Waals surface area contributed by atoms with E-state index in [-0.39, 0.29) is 5.91 Å². The summed E-state index contributed by atoms with van der Waals surface area (Å²) in [6.07, 6.45) is 17.8. The van der Waals surface area contributed by atoms with Crippen molar-refractivity contribution in [1.29, 1.82) is 5.26 Å². The molecular weight excluding hydrogens is 477 g/mol. The van der Waals surface area contributed by atoms with E-state index < -0.39 is 5.67 Å². The lowest BCUT2D eigenvalue weighted by Crippen LogP contribution is -2.56. The van der Waals surface area contributed by atoms with Crippen molar-refractivity contribution in [3.05, 3.63) is 47.2 Å². The van der Waals surface area contributed by atoms with E-state index in [9.17, 15) is 10.1 Å². The molecule has 0 spiro atoms. The SMILES string of the molecule is CCCCC1=CC(CN2CCC(F)(C(=O)N3CCC(N4CC[C@@H]5C=CC(C#N)=CC5C4)CC3)CC2)=CCN1. The number of alkyl halides is 1. The van der Waals surface area contributed by atoms with Crippen molar-refractivity contribution in [3.8, 4) is 6.07 Å². The van der Waals surface area contributed by atoms with Gasteiger partial charge in [0.05, 0.1) is 6.07 Å². The highest BCUT2D eigenvalue weighted by Gasteiger charge is 2.45. The van der Waals surface area contributed by atoms with Crippen LogP contribution in [0.2, 0.25) is 0 Å². The second-order valence-corrected chi connectivity index (χ2v) is 11.9. The van der Waals surface area contributed by atoms with Crippen LogP contribution in [-0.2, 0) is 4.79 Å². The molecule has 3 fully saturated rings. The van der Waals surface area contributed by atoms with Gasteiger partial charge in [-0.15, -0.1) is 0 Å². The standard InChI is InChI=1S/C31H44FN5O/c1-2-3-4-28-20-25(7-13-34-28)22-35-17-11-31(32,12-18-35)30(38)36-15-9-29(10-16-36)37-14-8-26-6-5-24(21-33)19-27(26)23-37/h5-7,19-20,26-27,29,34H,2-4,8-18,22-23H2,1H3/t26-,27?/m0/s1. The maximum absolute atomic E-state index is 15.9. The Morgan fingerprint density at radius 2 is 1.95 bits per heavy atom. The highest BCUT2D eigenvalue weighted by Crippen LogP contribution is 2.34. The second-order valence-electron chi connectivity index (χ2n) is 11.9. The van der Waals surface area contributed by atoms with Crippen LogP contribution in [-0.4, -0.2) is 84.7 Å². The topological polar surface area (TPSA) is 62.6 Å². The van der Waals surface area contributed by atoms with E-state index in [1.807, 2.05) is 6.08 Å². The van der Waals surface area contributed by atoms with E-state index in [4.69, 9.17) is 0 Å². The summed E-state index contributed by atoms with van der Waals surface area (Å²) >= 11 is 0. The summed E-state index contributed by atoms with van der Waals surface area (Å²) in [5.41, 5.74) is 1.66. The monoisotopic (exact) mass is 521 g/mol. The Bertz CT molecular complexity index is 1020. The van der Waals surface area contributed by atoms with Crippen LogP contribution in [0, 0.1) is 23.2 Å². The fraction of sp³-hybridized carbons (Fsp3) is 0.677. The first kappa shape index (κ1) is 27.1. The summed E-state index contributed by atoms with van der Waals surface area (Å²) in [6, 6.07) is 2.72. The summed E-state index contributed by atoms with van der Waals surface area (Å²) in [6.45, 7) is 8.51. The van der Waals surface area contributed by atoms with Gasteiger partial charge in [0, 0.05) is 76.0 Å². The quantitative estimate of drug-likeness (QED) is 0.540. The first-order valence-corrected chi connectivity index (χ1v) is 14.9. The van der Waals surface area contributed by atoms with Crippen molar-refractivity contribution in [2.75, 3.05) is 52.4 Å². The molecule has 5 rings (SSSR count). The number of dihydropyridines is 1. The Balaban J connectivity index is 1.08. The number of hydrogen-bond acceptors (Lipinski definition) is 5. The molecule has 7 heteroatoms. The highest BCUT2D eigenvalue weighted by atomic mass is 19.1. The summed E-state index contributed by atoms with van der Waals surface area (Å²) in [4.78, 5) is 20.0. The molecule has 206 valence electrons. The minimum absolute atomic E-state index is 0.281. The Morgan fingerprint density at radius 3 is 2.68 bits per heavy atom. The van der Waals surface area contributed by atoms with Crippen LogP contribution in [0.5, 0.6) is 0 Å². The van der Waals surface area contributed by atoms with Crippen LogP contribution in [0.3, 0.4) is 0 Å². The highest BCUT2D eigenvalue weighted by molar-refractivity contribution is 5.85. The molecule has 0 aromatic heterocycles. The molecule has 1 aliphatic carbocycles. The summed E-state index contributed by atoms with van der Waals surface area (Å²) in [5.74, 6) is 0.657. The van der Waals surface area contributed by atoms with Gasteiger partial charge >= 0.3 is 0 Å². The van der Waals surface area contributed by atoms with Crippen molar-refractivity contribution in [2.45, 2.75) is 70.0 Å². The number of amides is 1. The number of allylic oxidation sites excluding steroid dienone is 4. The van der Waals surface area contributed by atoms with Crippen LogP contribution < -0.4 is 5.32 Å². The van der Waals surface area contributed by atoms with E-state index in [2.05, 4.69) is 52.4 Å². The molecule has 0 bridgehead atoms. The number of halogens is 1. The Kier molecular flexibility index (Phi) is 8.70. The summed E-state index contributed by atoms with van der Waals surface area (Å²) in [5, 5.41) is 12.7. The van der Waals surface area contributed by atoms with Crippen LogP contribution in [0.1, 0.15) is 58.3 Å². The Morgan fingerprint density at radius 1 is 1.16 bits per heavy atom. The Labute approximate surface area is 227 Å². The van der Waals surface area contributed by atoms with E-state index in [0.29, 0.717) is 56.9 Å². The first-order chi connectivity index (χ1) is 18.5. The molecule has 0 radical (unpaired) electrons. The first-order valence-electron chi connectivity index (χ1n) is 14.9. The van der Waals surface area contributed by atoms with Gasteiger partial charge in [-0.05, 0) is 68.2 Å². The number of carbonyl (C=O) groups is 1. The maximum Gasteiger partial charge on any atom is 0.260 e. The van der Waals surface area contributed by atoms with E-state index in [0.717, 1.165) is 57.4 Å². The van der Waals surface area contributed by atoms with Crippen LogP contribution in [0.4, 0.5) is 4.39 Å². The number of piperidine rings is 3. The summed E-state index contributed by atoms with van der Waals surface area (Å²) in [7, 11) is 0. The zero-order valence-corrected chi connectivity index (χ0v) is 23.0. The fourth-order valence-electron chi connectivity index (χ4n) is 6.90. The van der Waals surface area contributed by atoms with Crippen molar-refractivity contribution < 1.29 is 9.18 Å². The molecule has 4 aliphatic heterocycles. The van der Waals surface area contributed by atoms with E-state index in [1.165, 1.54) is 24.1 Å². The summed E-state index contributed by atoms with van der Waals surface area (Å²) < 4.78 is 15.9. The van der Waals surface area contributed by atoms with Gasteiger partial charge < -0.3 is 10.2 Å². The van der Waals surface area contributed by atoms with Gasteiger partial charge in [-0.1, -0.05) is 31.6 Å². The zero-order valence-electron chi connectivity index (χ0n) is 23.0. The van der Waals surface area contributed by atoms with Crippen LogP contribution in [0.15, 0.2) is 47.2 Å². The minimum atomic E-state index is -1.72. The van der Waals surface area contributed by atoms with Crippen molar-refractivity contribution in [1.82, 2.24) is 20.0 Å². The lowest BCUT2D eigenvalue weighted by atomic mass is 9.80. The molecule has 5 aliphatic rings. The molecule has 0 aromatic rings. The average Bonchev–Trinajstić information content (AvgIpc) is 2.96. The number of likely N-dealkylation sites (tertiary alicyclic amines) is 3. The zero-order chi connectivity index (χ0) is 26.5. The van der Waals surface area contributed by atoms with Gasteiger partial charge in [0.1, 0.15) is 0 Å². The molecule has 1 amide bonds. The van der Waals surface area contributed by atoms with Gasteiger partial charge in [0.25, 0.3) is 5.91 Å². The average molecular weight is 522 g/mol. The second kappa shape index (κ2) is 12.2. The molecule has 4 heterocycles. The number of nitrogens with zero attached hydrogens (tertiary/aromatic N) is 4. The number of carbonyl (C=O) groups excluding carboxylic acids is 1. The lowest BCUT2D eigenvalue weighted by Gasteiger charge is -2.45. The normalized spacial score (nSPS) is 28.4. The van der Waals surface area contributed by atoms with Gasteiger partial charge in [0.2, 0.25) is 0 Å². The largest absolute Gasteiger partial charge is 0.385 e. The third kappa shape index (κ3) is 6.24. The maximum atomic E-state index is 15.9. The smallest absolute Gasteiger partial charge is 0.260 e. The Hall–Kier alpha value is -2.43. The van der Waals surface area contributed by atoms with Crippen LogP contribution in [0.25, 0.3) is 0 Å². The van der Waals surface area contributed by atoms with Crippen molar-refractivity contribution in [3.63, 3.8) is 0 Å². The molecule has 1 unspecified atom stereocenters. The number of rotatable bonds is 7. The van der Waals surface area contributed by atoms with Gasteiger partial charge in [-0.25, -0.2) is 4.39 Å². The molecule has 1 N–H and O–H groups in total. The fourth-order valence-corrected chi connectivity index (χ4v) is 6.90. The molecule has 3 saturated heterocycles. The lowest BCUT2D eigenvalue weighted by molar-refractivity contribution is -0.149. The number of unbranched alkanes of at least 4 members (excludes halogenated alkanes) is 1. The third-order valence-electron chi connectivity index (χ3n) is 9.35. The van der Waals surface area contributed by atoms with E-state index in [1.54, 1.807) is 4.90 Å². The molecule has 0 saturated carbocycles. The number of fused-ring (bicyclic) bond motifs is 1. The molecule has 6 nitrogen and oxygen atoms in total. The van der Waals surface area contributed by atoms with Crippen LogP contribution >= 0.6 is 0 Å². The molecular formula is C31H44FN5O.